The fraction of sp³-hybridized carbons (Fsp3) is 1.00. The van der Waals surface area contributed by atoms with Crippen LogP contribution in [-0.4, -0.2) is 5.15 Å². The van der Waals surface area contributed by atoms with E-state index in [1.54, 1.807) is 0 Å². The zero-order valence-electron chi connectivity index (χ0n) is 2.91. The second-order valence-corrected chi connectivity index (χ2v) is 6.62. The van der Waals surface area contributed by atoms with Gasteiger partial charge in [0, 0.05) is 0 Å². The molecule has 0 aliphatic carbocycles. The van der Waals surface area contributed by atoms with Gasteiger partial charge >= 0.3 is 32.8 Å². The van der Waals surface area contributed by atoms with E-state index in [9.17, 15) is 0 Å². The molecule has 0 unspecified atom stereocenters. The molecule has 0 amide bonds. The van der Waals surface area contributed by atoms with E-state index < -0.39 is 0 Å². The topological polar surface area (TPSA) is 43.9 Å². The molecule has 32 valence electrons. The molecule has 2 saturated heterocycles. The molecule has 1 spiro atoms. The van der Waals surface area contributed by atoms with Gasteiger partial charge in [-0.25, -0.2) is 0 Å². The van der Waals surface area contributed by atoms with Gasteiger partial charge in [0.15, 0.2) is 0 Å². The Labute approximate surface area is 33.8 Å². The van der Waals surface area contributed by atoms with E-state index in [2.05, 4.69) is 10.2 Å². The standard InChI is InChI=1S/CH8N2P2/c2-1(4-2)3-5-1/h2-3H,4-5H3. The zero-order chi connectivity index (χ0) is 3.33. The molecule has 0 atom stereocenters. The summed E-state index contributed by atoms with van der Waals surface area (Å²) in [5.41, 5.74) is 0. The zero-order valence-corrected chi connectivity index (χ0v) is 5.74. The average Bonchev–Trinajstić information content (AvgIpc) is 2.17. The maximum atomic E-state index is 3.37. The van der Waals surface area contributed by atoms with Crippen molar-refractivity contribution in [3.63, 3.8) is 0 Å². The number of nitrogens with one attached hydrogen (secondary N) is 2. The first kappa shape index (κ1) is 2.87. The summed E-state index contributed by atoms with van der Waals surface area (Å²) in [7, 11) is 0.613. The second-order valence-electron chi connectivity index (χ2n) is 1.79. The van der Waals surface area contributed by atoms with Crippen molar-refractivity contribution >= 4 is 17.5 Å². The molecule has 2 aliphatic heterocycles. The molecule has 0 aromatic rings. The molecule has 2 nitrogen and oxygen atoms in total. The normalized spacial score (nSPS) is 60.8. The maximum absolute atomic E-state index is 3.37. The molecule has 2 aliphatic rings. The Morgan fingerprint density at radius 1 is 1.20 bits per heavy atom. The fourth-order valence-corrected chi connectivity index (χ4v) is 3.64. The van der Waals surface area contributed by atoms with Gasteiger partial charge in [0.2, 0.25) is 0 Å². The summed E-state index contributed by atoms with van der Waals surface area (Å²) in [5, 5.41) is 7.53. The quantitative estimate of drug-likeness (QED) is 0.307. The third-order valence-corrected chi connectivity index (χ3v) is 6.62. The summed E-state index contributed by atoms with van der Waals surface area (Å²) in [4.78, 5) is 0. The van der Waals surface area contributed by atoms with Crippen molar-refractivity contribution in [2.45, 2.75) is 5.15 Å². The van der Waals surface area contributed by atoms with Gasteiger partial charge < -0.3 is 0 Å². The fourth-order valence-electron chi connectivity index (χ4n) is 0.463. The molecule has 0 aromatic carbocycles. The Morgan fingerprint density at radius 2 is 1.60 bits per heavy atom. The van der Waals surface area contributed by atoms with Crippen LogP contribution >= 0.6 is 17.5 Å². The van der Waals surface area contributed by atoms with Crippen molar-refractivity contribution < 1.29 is 0 Å². The molecule has 0 bridgehead atoms. The first-order valence-corrected chi connectivity index (χ1v) is 4.74. The van der Waals surface area contributed by atoms with E-state index in [0.29, 0.717) is 17.5 Å². The van der Waals surface area contributed by atoms with E-state index in [0.717, 1.165) is 5.15 Å². The van der Waals surface area contributed by atoms with Gasteiger partial charge in [-0.05, 0) is 0 Å². The van der Waals surface area contributed by atoms with E-state index in [4.69, 9.17) is 0 Å². The van der Waals surface area contributed by atoms with Crippen LogP contribution in [-0.2, 0) is 0 Å². The van der Waals surface area contributed by atoms with Crippen LogP contribution in [0.15, 0.2) is 0 Å². The van der Waals surface area contributed by atoms with Gasteiger partial charge in [0.05, 0.1) is 0 Å². The van der Waals surface area contributed by atoms with Gasteiger partial charge in [0.25, 0.3) is 0 Å². The van der Waals surface area contributed by atoms with Gasteiger partial charge in [-0.1, -0.05) is 0 Å². The van der Waals surface area contributed by atoms with E-state index in [-0.39, 0.29) is 0 Å². The number of hydrogen-bond acceptors (Lipinski definition) is 2. The predicted molar refractivity (Wildman–Crippen MR) is 31.2 cm³/mol. The molecule has 2 rings (SSSR count). The Bertz CT molecular complexity index is 50.5. The molecular weight excluding hydrogens is 102 g/mol. The molecule has 0 saturated carbocycles. The van der Waals surface area contributed by atoms with Crippen molar-refractivity contribution in [2.24, 2.45) is 0 Å². The van der Waals surface area contributed by atoms with Crippen LogP contribution < -0.4 is 10.2 Å². The van der Waals surface area contributed by atoms with E-state index >= 15 is 0 Å². The Kier molecular flexibility index (Phi) is 0.338. The monoisotopic (exact) mass is 110 g/mol. The first-order chi connectivity index (χ1) is 2.41. The molecule has 0 radical (unpaired) electrons. The molecule has 0 aromatic heterocycles. The van der Waals surface area contributed by atoms with Gasteiger partial charge in [0.1, 0.15) is 0 Å². The third-order valence-electron chi connectivity index (χ3n) is 1.21. The average molecular weight is 110 g/mol. The number of rotatable bonds is 0. The van der Waals surface area contributed by atoms with Crippen LogP contribution in [0.2, 0.25) is 0 Å². The molecule has 2 heterocycles. The Balaban J connectivity index is 2.30. The van der Waals surface area contributed by atoms with Gasteiger partial charge in [-0.2, -0.15) is 0 Å². The molecule has 5 heavy (non-hydrogen) atoms. The summed E-state index contributed by atoms with van der Waals surface area (Å²) < 4.78 is 0. The molecule has 4 heteroatoms. The van der Waals surface area contributed by atoms with Gasteiger partial charge in [-0.3, -0.25) is 0 Å². The molecule has 2 N–H and O–H groups in total. The van der Waals surface area contributed by atoms with Crippen molar-refractivity contribution in [1.82, 2.24) is 10.2 Å². The Hall–Kier alpha value is 0.780. The minimum atomic E-state index is 0.306. The Morgan fingerprint density at radius 3 is 1.60 bits per heavy atom. The van der Waals surface area contributed by atoms with Gasteiger partial charge in [-0.15, -0.1) is 0 Å². The predicted octanol–water partition coefficient (Wildman–Crippen LogP) is -1.08. The van der Waals surface area contributed by atoms with Crippen LogP contribution in [0.25, 0.3) is 0 Å². The van der Waals surface area contributed by atoms with Crippen LogP contribution in [0.5, 0.6) is 0 Å². The molecule has 2 fully saturated rings. The summed E-state index contributed by atoms with van der Waals surface area (Å²) in [5.74, 6) is 0. The van der Waals surface area contributed by atoms with Crippen molar-refractivity contribution in [1.29, 1.82) is 0 Å². The van der Waals surface area contributed by atoms with Crippen molar-refractivity contribution in [3.05, 3.63) is 0 Å². The van der Waals surface area contributed by atoms with Crippen LogP contribution in [0.4, 0.5) is 0 Å². The minimum absolute atomic E-state index is 0.306. The third kappa shape index (κ3) is 0.318. The van der Waals surface area contributed by atoms with E-state index in [1.807, 2.05) is 0 Å². The van der Waals surface area contributed by atoms with Crippen molar-refractivity contribution in [2.75, 3.05) is 0 Å². The summed E-state index contributed by atoms with van der Waals surface area (Å²) >= 11 is 0. The summed E-state index contributed by atoms with van der Waals surface area (Å²) in [6.45, 7) is 0. The number of hydrogen-bond donors (Lipinski definition) is 2. The first-order valence-electron chi connectivity index (χ1n) is 1.91. The van der Waals surface area contributed by atoms with E-state index in [1.165, 1.54) is 0 Å². The van der Waals surface area contributed by atoms with Crippen LogP contribution in [0.3, 0.4) is 0 Å². The summed E-state index contributed by atoms with van der Waals surface area (Å²) in [6.07, 6.45) is 0. The van der Waals surface area contributed by atoms with Crippen LogP contribution in [0.1, 0.15) is 0 Å². The molecular formula is CH8N2P2. The SMILES string of the molecule is N1[PH3]C12N[PH3]2. The van der Waals surface area contributed by atoms with Crippen molar-refractivity contribution in [3.8, 4) is 0 Å². The summed E-state index contributed by atoms with van der Waals surface area (Å²) in [6, 6.07) is 0. The van der Waals surface area contributed by atoms with Crippen LogP contribution in [0, 0.1) is 0 Å². The second kappa shape index (κ2) is 0.588.